The van der Waals surface area contributed by atoms with Crippen LogP contribution in [0.3, 0.4) is 0 Å². The number of H-pyrrole nitrogens is 1. The Morgan fingerprint density at radius 1 is 1.09 bits per heavy atom. The molecule has 4 heteroatoms. The van der Waals surface area contributed by atoms with Crippen LogP contribution < -0.4 is 5.56 Å². The van der Waals surface area contributed by atoms with Crippen molar-refractivity contribution >= 4 is 22.5 Å². The third kappa shape index (κ3) is 2.66. The minimum absolute atomic E-state index is 0.0958. The molecule has 1 N–H and O–H groups in total. The van der Waals surface area contributed by atoms with Crippen molar-refractivity contribution in [2.75, 3.05) is 0 Å². The number of thioether (sulfide) groups is 1. The molecule has 0 aliphatic heterocycles. The van der Waals surface area contributed by atoms with Gasteiger partial charge in [0.2, 0.25) is 0 Å². The van der Waals surface area contributed by atoms with E-state index in [1.54, 1.807) is 11.8 Å². The summed E-state index contributed by atoms with van der Waals surface area (Å²) in [7, 11) is 0. The average molecular weight is 308 g/mol. The van der Waals surface area contributed by atoms with Crippen LogP contribution >= 0.6 is 11.8 Å². The maximum Gasteiger partial charge on any atom is 0.272 e. The molecule has 3 nitrogen and oxygen atoms in total. The van der Waals surface area contributed by atoms with Crippen LogP contribution in [-0.4, -0.2) is 10.2 Å². The summed E-state index contributed by atoms with van der Waals surface area (Å²) in [6, 6.07) is 16.5. The van der Waals surface area contributed by atoms with Crippen LogP contribution in [0.5, 0.6) is 0 Å². The predicted molar refractivity (Wildman–Crippen MR) is 90.3 cm³/mol. The molecule has 1 aromatic heterocycles. The second-order valence-corrected chi connectivity index (χ2v) is 6.74. The molecule has 0 atom stereocenters. The molecular weight excluding hydrogens is 292 g/mol. The summed E-state index contributed by atoms with van der Waals surface area (Å²) < 4.78 is 0. The lowest BCUT2D eigenvalue weighted by atomic mass is 10.1. The summed E-state index contributed by atoms with van der Waals surface area (Å²) in [4.78, 5) is 13.2. The van der Waals surface area contributed by atoms with Crippen molar-refractivity contribution in [3.63, 3.8) is 0 Å². The molecular formula is C18H16N2OS. The molecule has 1 aliphatic carbocycles. The van der Waals surface area contributed by atoms with Gasteiger partial charge in [-0.1, -0.05) is 36.4 Å². The summed E-state index contributed by atoms with van der Waals surface area (Å²) in [5.41, 5.74) is 2.24. The van der Waals surface area contributed by atoms with E-state index in [1.165, 1.54) is 18.4 Å². The number of aromatic nitrogens is 2. The standard InChI is InChI=1S/C18H16N2OS/c21-18-16-10-14(22-11-12-4-2-1-3-5-12)8-9-15(16)17(19-20-18)13-6-7-13/h1-5,8-10,13H,6-7,11H2,(H,20,21). The first-order valence-electron chi connectivity index (χ1n) is 7.50. The number of nitrogens with zero attached hydrogens (tertiary/aromatic N) is 1. The quantitative estimate of drug-likeness (QED) is 0.738. The molecule has 0 unspecified atom stereocenters. The molecule has 0 saturated heterocycles. The highest BCUT2D eigenvalue weighted by atomic mass is 32.2. The molecule has 22 heavy (non-hydrogen) atoms. The van der Waals surface area contributed by atoms with Crippen molar-refractivity contribution in [3.8, 4) is 0 Å². The molecule has 0 spiro atoms. The molecule has 3 aromatic rings. The van der Waals surface area contributed by atoms with Crippen LogP contribution in [0.4, 0.5) is 0 Å². The Morgan fingerprint density at radius 3 is 2.68 bits per heavy atom. The lowest BCUT2D eigenvalue weighted by Gasteiger charge is -2.06. The molecule has 1 aliphatic rings. The number of nitrogens with one attached hydrogen (secondary N) is 1. The largest absolute Gasteiger partial charge is 0.272 e. The van der Waals surface area contributed by atoms with Gasteiger partial charge in [0, 0.05) is 22.0 Å². The number of fused-ring (bicyclic) bond motifs is 1. The molecule has 0 bridgehead atoms. The Bertz CT molecular complexity index is 869. The van der Waals surface area contributed by atoms with Gasteiger partial charge in [0.15, 0.2) is 0 Å². The molecule has 1 saturated carbocycles. The zero-order chi connectivity index (χ0) is 14.9. The molecule has 0 radical (unpaired) electrons. The van der Waals surface area contributed by atoms with E-state index in [2.05, 4.69) is 46.6 Å². The first-order chi connectivity index (χ1) is 10.8. The maximum atomic E-state index is 12.1. The monoisotopic (exact) mass is 308 g/mol. The van der Waals surface area contributed by atoms with Gasteiger partial charge < -0.3 is 0 Å². The van der Waals surface area contributed by atoms with E-state index < -0.39 is 0 Å². The van der Waals surface area contributed by atoms with E-state index in [4.69, 9.17) is 0 Å². The molecule has 4 rings (SSSR count). The van der Waals surface area contributed by atoms with Gasteiger partial charge in [0.05, 0.1) is 11.1 Å². The highest BCUT2D eigenvalue weighted by molar-refractivity contribution is 7.98. The Labute approximate surface area is 132 Å². The second-order valence-electron chi connectivity index (χ2n) is 5.69. The SMILES string of the molecule is O=c1[nH]nc(C2CC2)c2ccc(SCc3ccccc3)cc12. The van der Waals surface area contributed by atoms with Gasteiger partial charge in [-0.2, -0.15) is 5.10 Å². The first kappa shape index (κ1) is 13.6. The minimum Gasteiger partial charge on any atom is -0.267 e. The third-order valence-corrected chi connectivity index (χ3v) is 5.07. The summed E-state index contributed by atoms with van der Waals surface area (Å²) >= 11 is 1.75. The summed E-state index contributed by atoms with van der Waals surface area (Å²) in [6.45, 7) is 0. The van der Waals surface area contributed by atoms with E-state index >= 15 is 0 Å². The van der Waals surface area contributed by atoms with E-state index in [9.17, 15) is 4.79 Å². The zero-order valence-corrected chi connectivity index (χ0v) is 12.9. The van der Waals surface area contributed by atoms with Gasteiger partial charge >= 0.3 is 0 Å². The van der Waals surface area contributed by atoms with Crippen LogP contribution in [0.2, 0.25) is 0 Å². The van der Waals surface area contributed by atoms with Crippen molar-refractivity contribution in [1.29, 1.82) is 0 Å². The predicted octanol–water partition coefficient (Wildman–Crippen LogP) is 4.09. The van der Waals surface area contributed by atoms with E-state index in [0.717, 1.165) is 27.1 Å². The minimum atomic E-state index is -0.0958. The third-order valence-electron chi connectivity index (χ3n) is 4.00. The van der Waals surface area contributed by atoms with Crippen molar-refractivity contribution in [2.45, 2.75) is 29.4 Å². The number of hydrogen-bond donors (Lipinski definition) is 1. The van der Waals surface area contributed by atoms with Gasteiger partial charge in [-0.15, -0.1) is 11.8 Å². The summed E-state index contributed by atoms with van der Waals surface area (Å²) in [6.07, 6.45) is 2.36. The zero-order valence-electron chi connectivity index (χ0n) is 12.1. The highest BCUT2D eigenvalue weighted by Gasteiger charge is 2.27. The fourth-order valence-corrected chi connectivity index (χ4v) is 3.56. The molecule has 110 valence electrons. The van der Waals surface area contributed by atoms with Gasteiger partial charge in [-0.05, 0) is 30.5 Å². The summed E-state index contributed by atoms with van der Waals surface area (Å²) in [5.74, 6) is 1.44. The molecule has 1 fully saturated rings. The second kappa shape index (κ2) is 5.61. The Morgan fingerprint density at radius 2 is 1.91 bits per heavy atom. The Balaban J connectivity index is 1.65. The van der Waals surface area contributed by atoms with Crippen molar-refractivity contribution in [3.05, 3.63) is 70.1 Å². The normalized spacial score (nSPS) is 14.4. The highest BCUT2D eigenvalue weighted by Crippen LogP contribution is 2.41. The van der Waals surface area contributed by atoms with Crippen LogP contribution in [0.1, 0.15) is 30.0 Å². The van der Waals surface area contributed by atoms with E-state index in [0.29, 0.717) is 5.92 Å². The lowest BCUT2D eigenvalue weighted by molar-refractivity contribution is 0.910. The van der Waals surface area contributed by atoms with Gasteiger partial charge in [0.25, 0.3) is 5.56 Å². The summed E-state index contributed by atoms with van der Waals surface area (Å²) in [5, 5.41) is 8.67. The van der Waals surface area contributed by atoms with E-state index in [-0.39, 0.29) is 5.56 Å². The van der Waals surface area contributed by atoms with Gasteiger partial charge in [-0.25, -0.2) is 5.10 Å². The van der Waals surface area contributed by atoms with Crippen LogP contribution in [0, 0.1) is 0 Å². The topological polar surface area (TPSA) is 45.8 Å². The Hall–Kier alpha value is -2.07. The first-order valence-corrected chi connectivity index (χ1v) is 8.49. The van der Waals surface area contributed by atoms with Crippen molar-refractivity contribution in [1.82, 2.24) is 10.2 Å². The Kier molecular flexibility index (Phi) is 3.47. The van der Waals surface area contributed by atoms with Gasteiger partial charge in [-0.3, -0.25) is 4.79 Å². The smallest absolute Gasteiger partial charge is 0.267 e. The van der Waals surface area contributed by atoms with Crippen molar-refractivity contribution < 1.29 is 0 Å². The van der Waals surface area contributed by atoms with Crippen LogP contribution in [-0.2, 0) is 5.75 Å². The van der Waals surface area contributed by atoms with Gasteiger partial charge in [0.1, 0.15) is 0 Å². The van der Waals surface area contributed by atoms with Crippen molar-refractivity contribution in [2.24, 2.45) is 0 Å². The lowest BCUT2D eigenvalue weighted by Crippen LogP contribution is -2.10. The number of hydrogen-bond acceptors (Lipinski definition) is 3. The van der Waals surface area contributed by atoms with Crippen LogP contribution in [0.15, 0.2) is 58.2 Å². The molecule has 1 heterocycles. The maximum absolute atomic E-state index is 12.1. The number of benzene rings is 2. The van der Waals surface area contributed by atoms with E-state index in [1.807, 2.05) is 12.1 Å². The van der Waals surface area contributed by atoms with Crippen LogP contribution in [0.25, 0.3) is 10.8 Å². The average Bonchev–Trinajstić information content (AvgIpc) is 3.39. The number of rotatable bonds is 4. The fraction of sp³-hybridized carbons (Fsp3) is 0.222. The molecule has 2 aromatic carbocycles. The molecule has 0 amide bonds. The fourth-order valence-electron chi connectivity index (χ4n) is 2.66. The number of aromatic amines is 1.